The first kappa shape index (κ1) is 12.7. The Morgan fingerprint density at radius 3 is 2.67 bits per heavy atom. The smallest absolute Gasteiger partial charge is 0.307 e. The molecular formula is C13H17NO4. The van der Waals surface area contributed by atoms with Gasteiger partial charge in [0, 0.05) is 13.0 Å². The van der Waals surface area contributed by atoms with Crippen LogP contribution in [0.1, 0.15) is 19.6 Å². The molecule has 1 fully saturated rings. The van der Waals surface area contributed by atoms with Gasteiger partial charge in [-0.1, -0.05) is 13.8 Å². The van der Waals surface area contributed by atoms with Crippen molar-refractivity contribution in [3.63, 3.8) is 0 Å². The van der Waals surface area contributed by atoms with Gasteiger partial charge in [-0.2, -0.15) is 0 Å². The summed E-state index contributed by atoms with van der Waals surface area (Å²) in [5.74, 6) is -1.27. The molecule has 1 aliphatic rings. The van der Waals surface area contributed by atoms with Crippen molar-refractivity contribution < 1.29 is 19.1 Å². The van der Waals surface area contributed by atoms with E-state index in [2.05, 4.69) is 5.32 Å². The number of carbonyl (C=O) groups is 2. The topological polar surface area (TPSA) is 79.5 Å². The summed E-state index contributed by atoms with van der Waals surface area (Å²) < 4.78 is 5.15. The Balaban J connectivity index is 1.81. The van der Waals surface area contributed by atoms with E-state index >= 15 is 0 Å². The third-order valence-electron chi connectivity index (χ3n) is 3.63. The Kier molecular flexibility index (Phi) is 3.15. The van der Waals surface area contributed by atoms with Gasteiger partial charge in [0.05, 0.1) is 18.1 Å². The lowest BCUT2D eigenvalue weighted by Crippen LogP contribution is -2.29. The molecule has 1 heterocycles. The fraction of sp³-hybridized carbons (Fsp3) is 0.538. The summed E-state index contributed by atoms with van der Waals surface area (Å²) in [7, 11) is 0. The van der Waals surface area contributed by atoms with Crippen molar-refractivity contribution in [1.82, 2.24) is 5.32 Å². The molecule has 0 aliphatic heterocycles. The highest BCUT2D eigenvalue weighted by Crippen LogP contribution is 2.58. The molecule has 0 aromatic carbocycles. The molecular weight excluding hydrogens is 234 g/mol. The van der Waals surface area contributed by atoms with E-state index in [1.807, 2.05) is 19.9 Å². The van der Waals surface area contributed by atoms with E-state index in [0.29, 0.717) is 13.0 Å². The van der Waals surface area contributed by atoms with Crippen LogP contribution in [0.5, 0.6) is 0 Å². The van der Waals surface area contributed by atoms with Crippen LogP contribution < -0.4 is 5.32 Å². The Labute approximate surface area is 105 Å². The van der Waals surface area contributed by atoms with Crippen molar-refractivity contribution in [2.75, 3.05) is 6.54 Å². The number of hydrogen-bond acceptors (Lipinski definition) is 3. The zero-order chi connectivity index (χ0) is 13.3. The molecule has 1 aliphatic carbocycles. The fourth-order valence-corrected chi connectivity index (χ4v) is 2.46. The lowest BCUT2D eigenvalue weighted by molar-refractivity contribution is -0.140. The largest absolute Gasteiger partial charge is 0.481 e. The highest BCUT2D eigenvalue weighted by atomic mass is 16.4. The maximum Gasteiger partial charge on any atom is 0.307 e. The van der Waals surface area contributed by atoms with Crippen LogP contribution >= 0.6 is 0 Å². The van der Waals surface area contributed by atoms with Crippen LogP contribution in [0.4, 0.5) is 0 Å². The van der Waals surface area contributed by atoms with Crippen LogP contribution in [-0.2, 0) is 16.0 Å². The summed E-state index contributed by atoms with van der Waals surface area (Å²) in [5, 5.41) is 11.7. The number of carboxylic acid groups (broad SMARTS) is 1. The highest BCUT2D eigenvalue weighted by Gasteiger charge is 2.65. The molecule has 1 aromatic rings. The van der Waals surface area contributed by atoms with Crippen molar-refractivity contribution >= 4 is 11.9 Å². The quantitative estimate of drug-likeness (QED) is 0.826. The van der Waals surface area contributed by atoms with Gasteiger partial charge < -0.3 is 14.8 Å². The molecule has 98 valence electrons. The Morgan fingerprint density at radius 1 is 1.44 bits per heavy atom. The van der Waals surface area contributed by atoms with Gasteiger partial charge in [0.25, 0.3) is 0 Å². The van der Waals surface area contributed by atoms with Crippen LogP contribution in [-0.4, -0.2) is 23.5 Å². The number of rotatable bonds is 5. The SMILES string of the molecule is CC1(C)C(C(=O)O)C1C(=O)NCCc1ccco1. The maximum atomic E-state index is 11.9. The van der Waals surface area contributed by atoms with Crippen molar-refractivity contribution in [3.8, 4) is 0 Å². The molecule has 2 unspecified atom stereocenters. The normalized spacial score (nSPS) is 24.6. The average Bonchev–Trinajstić information content (AvgIpc) is 2.65. The van der Waals surface area contributed by atoms with E-state index in [4.69, 9.17) is 9.52 Å². The number of nitrogens with one attached hydrogen (secondary N) is 1. The molecule has 1 aromatic heterocycles. The average molecular weight is 251 g/mol. The summed E-state index contributed by atoms with van der Waals surface area (Å²) in [5.41, 5.74) is -0.444. The molecule has 5 heteroatoms. The minimum atomic E-state index is -0.897. The second kappa shape index (κ2) is 4.48. The zero-order valence-corrected chi connectivity index (χ0v) is 10.5. The van der Waals surface area contributed by atoms with Crippen molar-refractivity contribution in [2.24, 2.45) is 17.3 Å². The van der Waals surface area contributed by atoms with E-state index in [1.54, 1.807) is 12.3 Å². The summed E-state index contributed by atoms with van der Waals surface area (Å²) in [6.45, 7) is 4.08. The van der Waals surface area contributed by atoms with E-state index in [-0.39, 0.29) is 5.91 Å². The van der Waals surface area contributed by atoms with Gasteiger partial charge in [0.15, 0.2) is 0 Å². The van der Waals surface area contributed by atoms with E-state index < -0.39 is 23.2 Å². The van der Waals surface area contributed by atoms with Gasteiger partial charge in [0.2, 0.25) is 5.91 Å². The molecule has 1 amide bonds. The third kappa shape index (κ3) is 2.25. The third-order valence-corrected chi connectivity index (χ3v) is 3.63. The van der Waals surface area contributed by atoms with E-state index in [9.17, 15) is 9.59 Å². The lowest BCUT2D eigenvalue weighted by atomic mass is 10.1. The first-order valence-corrected chi connectivity index (χ1v) is 5.97. The van der Waals surface area contributed by atoms with Gasteiger partial charge in [0.1, 0.15) is 5.76 Å². The monoisotopic (exact) mass is 251 g/mol. The molecule has 0 radical (unpaired) electrons. The van der Waals surface area contributed by atoms with Crippen LogP contribution in [0.3, 0.4) is 0 Å². The molecule has 2 rings (SSSR count). The number of amides is 1. The Morgan fingerprint density at radius 2 is 2.17 bits per heavy atom. The van der Waals surface area contributed by atoms with Crippen molar-refractivity contribution in [1.29, 1.82) is 0 Å². The second-order valence-electron chi connectivity index (χ2n) is 5.24. The molecule has 1 saturated carbocycles. The van der Waals surface area contributed by atoms with Gasteiger partial charge in [-0.25, -0.2) is 0 Å². The van der Waals surface area contributed by atoms with E-state index in [1.165, 1.54) is 0 Å². The molecule has 18 heavy (non-hydrogen) atoms. The number of hydrogen-bond donors (Lipinski definition) is 2. The fourth-order valence-electron chi connectivity index (χ4n) is 2.46. The molecule has 2 N–H and O–H groups in total. The van der Waals surface area contributed by atoms with Gasteiger partial charge in [-0.05, 0) is 17.5 Å². The first-order chi connectivity index (χ1) is 8.44. The predicted octanol–water partition coefficient (Wildman–Crippen LogP) is 1.30. The van der Waals surface area contributed by atoms with Crippen LogP contribution in [0.15, 0.2) is 22.8 Å². The highest BCUT2D eigenvalue weighted by molar-refractivity contribution is 5.91. The van der Waals surface area contributed by atoms with Crippen molar-refractivity contribution in [2.45, 2.75) is 20.3 Å². The Hall–Kier alpha value is -1.78. The minimum absolute atomic E-state index is 0.182. The van der Waals surface area contributed by atoms with Gasteiger partial charge >= 0.3 is 5.97 Å². The summed E-state index contributed by atoms with van der Waals surface area (Å²) >= 11 is 0. The number of carboxylic acids is 1. The minimum Gasteiger partial charge on any atom is -0.481 e. The lowest BCUT2D eigenvalue weighted by Gasteiger charge is -2.04. The summed E-state index contributed by atoms with van der Waals surface area (Å²) in [6, 6.07) is 3.63. The van der Waals surface area contributed by atoms with Gasteiger partial charge in [-0.15, -0.1) is 0 Å². The zero-order valence-electron chi connectivity index (χ0n) is 10.5. The molecule has 0 spiro atoms. The molecule has 0 saturated heterocycles. The Bertz CT molecular complexity index is 450. The summed E-state index contributed by atoms with van der Waals surface area (Å²) in [4.78, 5) is 22.8. The predicted molar refractivity (Wildman–Crippen MR) is 63.8 cm³/mol. The first-order valence-electron chi connectivity index (χ1n) is 5.97. The van der Waals surface area contributed by atoms with E-state index in [0.717, 1.165) is 5.76 Å². The van der Waals surface area contributed by atoms with Crippen LogP contribution in [0.2, 0.25) is 0 Å². The summed E-state index contributed by atoms with van der Waals surface area (Å²) in [6.07, 6.45) is 2.20. The van der Waals surface area contributed by atoms with Crippen LogP contribution in [0.25, 0.3) is 0 Å². The molecule has 0 bridgehead atoms. The standard InChI is InChI=1S/C13H17NO4/c1-13(2)9(10(13)12(16)17)11(15)14-6-5-8-4-3-7-18-8/h3-4,7,9-10H,5-6H2,1-2H3,(H,14,15)(H,16,17). The maximum absolute atomic E-state index is 11.9. The molecule has 2 atom stereocenters. The molecule has 5 nitrogen and oxygen atoms in total. The van der Waals surface area contributed by atoms with Gasteiger partial charge in [-0.3, -0.25) is 9.59 Å². The number of furan rings is 1. The second-order valence-corrected chi connectivity index (χ2v) is 5.24. The number of aliphatic carboxylic acids is 1. The number of carbonyl (C=O) groups excluding carboxylic acids is 1. The van der Waals surface area contributed by atoms with Crippen LogP contribution in [0, 0.1) is 17.3 Å². The van der Waals surface area contributed by atoms with Crippen molar-refractivity contribution in [3.05, 3.63) is 24.2 Å².